The molecule has 7 nitrogen and oxygen atoms in total. The smallest absolute Gasteiger partial charge is 0.306 e. The number of carbonyl (C=O) groups is 1. The van der Waals surface area contributed by atoms with Crippen molar-refractivity contribution in [3.63, 3.8) is 0 Å². The standard InChI is InChI=1S/C18H26O7/c1-3-7-14(19)25-17-16(22-2)15(20)13(24-18(17)21)11-23-10-12-8-5-4-6-9-12/h4-6,8-9,13,15-18,20-21H,3,7,10-11H2,1-2H3/t13-,15+,16-,17-,18+/m0/s1. The minimum absolute atomic E-state index is 0.0720. The zero-order chi connectivity index (χ0) is 18.2. The van der Waals surface area contributed by atoms with E-state index < -0.39 is 36.7 Å². The van der Waals surface area contributed by atoms with Gasteiger partial charge in [-0.1, -0.05) is 37.3 Å². The Bertz CT molecular complexity index is 521. The molecule has 0 spiro atoms. The topological polar surface area (TPSA) is 94.5 Å². The molecule has 5 atom stereocenters. The number of carbonyl (C=O) groups excluding carboxylic acids is 1. The number of aliphatic hydroxyl groups is 2. The lowest BCUT2D eigenvalue weighted by Crippen LogP contribution is -2.60. The number of aliphatic hydroxyl groups excluding tert-OH is 2. The van der Waals surface area contributed by atoms with Crippen LogP contribution in [0.2, 0.25) is 0 Å². The van der Waals surface area contributed by atoms with Gasteiger partial charge < -0.3 is 29.2 Å². The van der Waals surface area contributed by atoms with Crippen LogP contribution in [-0.4, -0.2) is 60.6 Å². The van der Waals surface area contributed by atoms with Gasteiger partial charge in [0, 0.05) is 13.5 Å². The van der Waals surface area contributed by atoms with Crippen molar-refractivity contribution in [3.8, 4) is 0 Å². The molecule has 1 fully saturated rings. The van der Waals surface area contributed by atoms with E-state index in [0.717, 1.165) is 5.56 Å². The molecule has 0 amide bonds. The van der Waals surface area contributed by atoms with Crippen LogP contribution in [0.15, 0.2) is 30.3 Å². The second kappa shape index (κ2) is 9.84. The largest absolute Gasteiger partial charge is 0.454 e. The molecule has 0 radical (unpaired) electrons. The van der Waals surface area contributed by atoms with Gasteiger partial charge in [-0.25, -0.2) is 0 Å². The molecule has 1 aliphatic rings. The van der Waals surface area contributed by atoms with Crippen molar-refractivity contribution in [2.24, 2.45) is 0 Å². The van der Waals surface area contributed by atoms with E-state index in [0.29, 0.717) is 13.0 Å². The zero-order valence-electron chi connectivity index (χ0n) is 14.5. The molecule has 1 aliphatic heterocycles. The molecule has 2 rings (SSSR count). The minimum atomic E-state index is -1.39. The molecule has 2 N–H and O–H groups in total. The van der Waals surface area contributed by atoms with E-state index in [2.05, 4.69) is 0 Å². The summed E-state index contributed by atoms with van der Waals surface area (Å²) in [6.07, 6.45) is -4.40. The highest BCUT2D eigenvalue weighted by atomic mass is 16.7. The molecule has 25 heavy (non-hydrogen) atoms. The fourth-order valence-corrected chi connectivity index (χ4v) is 2.72. The second-order valence-corrected chi connectivity index (χ2v) is 5.96. The maximum absolute atomic E-state index is 11.7. The summed E-state index contributed by atoms with van der Waals surface area (Å²) in [6.45, 7) is 2.27. The lowest BCUT2D eigenvalue weighted by molar-refractivity contribution is -0.296. The monoisotopic (exact) mass is 354 g/mol. The first kappa shape index (κ1) is 19.8. The summed E-state index contributed by atoms with van der Waals surface area (Å²) in [5, 5.41) is 20.6. The SMILES string of the molecule is CCCC(=O)O[C@H]1[C@@H](OC)[C@H](O)[C@H](COCc2ccccc2)O[C@H]1O. The number of hydrogen-bond donors (Lipinski definition) is 2. The molecule has 1 heterocycles. The molecule has 0 aromatic heterocycles. The maximum Gasteiger partial charge on any atom is 0.306 e. The van der Waals surface area contributed by atoms with Gasteiger partial charge in [0.2, 0.25) is 0 Å². The van der Waals surface area contributed by atoms with Crippen LogP contribution in [-0.2, 0) is 30.3 Å². The average Bonchev–Trinajstić information content (AvgIpc) is 2.60. The first-order valence-electron chi connectivity index (χ1n) is 8.42. The minimum Gasteiger partial charge on any atom is -0.454 e. The van der Waals surface area contributed by atoms with Crippen LogP contribution in [0.5, 0.6) is 0 Å². The maximum atomic E-state index is 11.7. The number of benzene rings is 1. The van der Waals surface area contributed by atoms with Crippen LogP contribution in [0, 0.1) is 0 Å². The molecule has 7 heteroatoms. The first-order valence-corrected chi connectivity index (χ1v) is 8.42. The lowest BCUT2D eigenvalue weighted by atomic mass is 9.99. The van der Waals surface area contributed by atoms with Gasteiger partial charge in [-0.05, 0) is 12.0 Å². The van der Waals surface area contributed by atoms with Crippen molar-refractivity contribution in [1.29, 1.82) is 0 Å². The average molecular weight is 354 g/mol. The van der Waals surface area contributed by atoms with E-state index in [1.807, 2.05) is 37.3 Å². The molecule has 1 aromatic carbocycles. The van der Waals surface area contributed by atoms with Crippen molar-refractivity contribution in [2.75, 3.05) is 13.7 Å². The van der Waals surface area contributed by atoms with E-state index in [4.69, 9.17) is 18.9 Å². The van der Waals surface area contributed by atoms with Crippen molar-refractivity contribution < 1.29 is 34.0 Å². The zero-order valence-corrected chi connectivity index (χ0v) is 14.5. The van der Waals surface area contributed by atoms with E-state index in [1.54, 1.807) is 0 Å². The van der Waals surface area contributed by atoms with Crippen molar-refractivity contribution in [1.82, 2.24) is 0 Å². The van der Waals surface area contributed by atoms with Gasteiger partial charge in [0.15, 0.2) is 12.4 Å². The number of methoxy groups -OCH3 is 1. The van der Waals surface area contributed by atoms with E-state index in [1.165, 1.54) is 7.11 Å². The third-order valence-electron chi connectivity index (χ3n) is 4.02. The highest BCUT2D eigenvalue weighted by molar-refractivity contribution is 5.69. The quantitative estimate of drug-likeness (QED) is 0.673. The van der Waals surface area contributed by atoms with E-state index >= 15 is 0 Å². The van der Waals surface area contributed by atoms with Gasteiger partial charge in [0.1, 0.15) is 18.3 Å². The Hall–Kier alpha value is -1.51. The molecular weight excluding hydrogens is 328 g/mol. The van der Waals surface area contributed by atoms with Gasteiger partial charge in [0.25, 0.3) is 0 Å². The molecule has 0 bridgehead atoms. The Morgan fingerprint density at radius 2 is 1.92 bits per heavy atom. The Balaban J connectivity index is 1.91. The number of hydrogen-bond acceptors (Lipinski definition) is 7. The van der Waals surface area contributed by atoms with Gasteiger partial charge in [0.05, 0.1) is 13.2 Å². The van der Waals surface area contributed by atoms with Gasteiger partial charge in [-0.15, -0.1) is 0 Å². The summed E-state index contributed by atoms with van der Waals surface area (Å²) in [5.74, 6) is -0.469. The molecule has 0 unspecified atom stereocenters. The molecule has 140 valence electrons. The van der Waals surface area contributed by atoms with Gasteiger partial charge in [-0.2, -0.15) is 0 Å². The molecule has 0 aliphatic carbocycles. The second-order valence-electron chi connectivity index (χ2n) is 5.96. The van der Waals surface area contributed by atoms with E-state index in [-0.39, 0.29) is 13.0 Å². The van der Waals surface area contributed by atoms with Crippen LogP contribution in [0.25, 0.3) is 0 Å². The van der Waals surface area contributed by atoms with Crippen LogP contribution in [0.4, 0.5) is 0 Å². The number of ether oxygens (including phenoxy) is 4. The highest BCUT2D eigenvalue weighted by Crippen LogP contribution is 2.25. The third-order valence-corrected chi connectivity index (χ3v) is 4.02. The number of rotatable bonds is 8. The summed E-state index contributed by atoms with van der Waals surface area (Å²) >= 11 is 0. The van der Waals surface area contributed by atoms with Crippen LogP contribution in [0.1, 0.15) is 25.3 Å². The van der Waals surface area contributed by atoms with Gasteiger partial charge in [-0.3, -0.25) is 4.79 Å². The molecule has 1 saturated heterocycles. The Morgan fingerprint density at radius 1 is 1.20 bits per heavy atom. The summed E-state index contributed by atoms with van der Waals surface area (Å²) in [4.78, 5) is 11.7. The van der Waals surface area contributed by atoms with Crippen molar-refractivity contribution >= 4 is 5.97 Å². The van der Waals surface area contributed by atoms with Crippen LogP contribution in [0.3, 0.4) is 0 Å². The number of esters is 1. The van der Waals surface area contributed by atoms with Gasteiger partial charge >= 0.3 is 5.97 Å². The van der Waals surface area contributed by atoms with Crippen LogP contribution < -0.4 is 0 Å². The molecular formula is C18H26O7. The van der Waals surface area contributed by atoms with Crippen molar-refractivity contribution in [3.05, 3.63) is 35.9 Å². The lowest BCUT2D eigenvalue weighted by Gasteiger charge is -2.41. The summed E-state index contributed by atoms with van der Waals surface area (Å²) in [6, 6.07) is 9.58. The van der Waals surface area contributed by atoms with Crippen LogP contribution >= 0.6 is 0 Å². The predicted molar refractivity (Wildman–Crippen MR) is 88.6 cm³/mol. The fourth-order valence-electron chi connectivity index (χ4n) is 2.72. The normalized spacial score (nSPS) is 29.4. The highest BCUT2D eigenvalue weighted by Gasteiger charge is 2.47. The van der Waals surface area contributed by atoms with Crippen molar-refractivity contribution in [2.45, 2.75) is 57.1 Å². The van der Waals surface area contributed by atoms with E-state index in [9.17, 15) is 15.0 Å². The third kappa shape index (κ3) is 5.49. The first-order chi connectivity index (χ1) is 12.1. The predicted octanol–water partition coefficient (Wildman–Crippen LogP) is 1.01. The Morgan fingerprint density at radius 3 is 2.56 bits per heavy atom. The summed E-state index contributed by atoms with van der Waals surface area (Å²) in [7, 11) is 1.38. The Kier molecular flexibility index (Phi) is 7.80. The summed E-state index contributed by atoms with van der Waals surface area (Å²) in [5.41, 5.74) is 0.989. The molecule has 1 aromatic rings. The Labute approximate surface area is 147 Å². The molecule has 0 saturated carbocycles. The fraction of sp³-hybridized carbons (Fsp3) is 0.611. The summed E-state index contributed by atoms with van der Waals surface area (Å²) < 4.78 is 21.4.